The number of nitro groups is 1. The minimum atomic E-state index is -4.07. The van der Waals surface area contributed by atoms with E-state index in [2.05, 4.69) is 5.43 Å². The highest BCUT2D eigenvalue weighted by molar-refractivity contribution is 7.89. The first kappa shape index (κ1) is 17.8. The van der Waals surface area contributed by atoms with Crippen molar-refractivity contribution < 1.29 is 13.3 Å². The Morgan fingerprint density at radius 1 is 1.04 bits per heavy atom. The number of hydrazine groups is 1. The molecule has 0 spiro atoms. The predicted octanol–water partition coefficient (Wildman–Crippen LogP) is 3.86. The van der Waals surface area contributed by atoms with E-state index in [1.54, 1.807) is 0 Å². The highest BCUT2D eigenvalue weighted by Gasteiger charge is 2.18. The Balaban J connectivity index is 2.26. The molecular weight excluding hydrogens is 389 g/mol. The SMILES string of the molecule is O=[N+]([O-])c1cccc(S(=O)(=O)NNc2c(Cl)cc(Cl)cc2Cl)c1. The third-order valence-corrected chi connectivity index (χ3v) is 4.72. The average molecular weight is 397 g/mol. The lowest BCUT2D eigenvalue weighted by Gasteiger charge is -2.12. The third kappa shape index (κ3) is 4.24. The third-order valence-electron chi connectivity index (χ3n) is 2.66. The molecule has 2 aromatic carbocycles. The molecule has 0 saturated carbocycles. The molecule has 0 aliphatic carbocycles. The number of hydrogen-bond acceptors (Lipinski definition) is 5. The number of anilines is 1. The smallest absolute Gasteiger partial charge is 0.270 e. The molecule has 0 fully saturated rings. The van der Waals surface area contributed by atoms with Gasteiger partial charge >= 0.3 is 0 Å². The Hall–Kier alpha value is -1.58. The van der Waals surface area contributed by atoms with Crippen LogP contribution in [-0.2, 0) is 10.0 Å². The zero-order chi connectivity index (χ0) is 17.2. The summed E-state index contributed by atoms with van der Waals surface area (Å²) in [6, 6.07) is 7.32. The largest absolute Gasteiger partial charge is 0.305 e. The molecule has 23 heavy (non-hydrogen) atoms. The van der Waals surface area contributed by atoms with E-state index in [0.717, 1.165) is 6.07 Å². The van der Waals surface area contributed by atoms with Crippen LogP contribution >= 0.6 is 34.8 Å². The normalized spacial score (nSPS) is 11.3. The fourth-order valence-electron chi connectivity index (χ4n) is 1.60. The first-order valence-corrected chi connectivity index (χ1v) is 8.49. The van der Waals surface area contributed by atoms with Crippen molar-refractivity contribution in [2.24, 2.45) is 0 Å². The predicted molar refractivity (Wildman–Crippen MR) is 88.5 cm³/mol. The van der Waals surface area contributed by atoms with Crippen LogP contribution < -0.4 is 10.3 Å². The van der Waals surface area contributed by atoms with E-state index < -0.39 is 14.9 Å². The summed E-state index contributed by atoms with van der Waals surface area (Å²) in [4.78, 5) is 11.8. The summed E-state index contributed by atoms with van der Waals surface area (Å²) in [5.41, 5.74) is 2.12. The summed E-state index contributed by atoms with van der Waals surface area (Å²) in [6.07, 6.45) is 0. The van der Waals surface area contributed by atoms with E-state index >= 15 is 0 Å². The van der Waals surface area contributed by atoms with Crippen LogP contribution in [0.1, 0.15) is 0 Å². The van der Waals surface area contributed by atoms with E-state index in [4.69, 9.17) is 34.8 Å². The van der Waals surface area contributed by atoms with E-state index in [-0.39, 0.29) is 31.3 Å². The Bertz CT molecular complexity index is 851. The second kappa shape index (κ2) is 6.90. The lowest BCUT2D eigenvalue weighted by molar-refractivity contribution is -0.385. The Kier molecular flexibility index (Phi) is 5.33. The van der Waals surface area contributed by atoms with Crippen molar-refractivity contribution in [1.82, 2.24) is 4.83 Å². The van der Waals surface area contributed by atoms with E-state index in [1.807, 2.05) is 4.83 Å². The monoisotopic (exact) mass is 395 g/mol. The maximum atomic E-state index is 12.2. The van der Waals surface area contributed by atoms with Crippen LogP contribution in [0.15, 0.2) is 41.3 Å². The van der Waals surface area contributed by atoms with Gasteiger partial charge in [-0.2, -0.15) is 0 Å². The average Bonchev–Trinajstić information content (AvgIpc) is 2.46. The molecule has 0 radical (unpaired) electrons. The topological polar surface area (TPSA) is 101 Å². The highest BCUT2D eigenvalue weighted by atomic mass is 35.5. The fraction of sp³-hybridized carbons (Fsp3) is 0. The van der Waals surface area contributed by atoms with Crippen LogP contribution in [0.5, 0.6) is 0 Å². The van der Waals surface area contributed by atoms with Crippen LogP contribution in [0.25, 0.3) is 0 Å². The molecule has 122 valence electrons. The van der Waals surface area contributed by atoms with Gasteiger partial charge in [-0.1, -0.05) is 40.9 Å². The number of nitro benzene ring substituents is 1. The van der Waals surface area contributed by atoms with Crippen molar-refractivity contribution in [1.29, 1.82) is 0 Å². The van der Waals surface area contributed by atoms with Crippen molar-refractivity contribution in [3.8, 4) is 0 Å². The van der Waals surface area contributed by atoms with Crippen molar-refractivity contribution >= 4 is 56.2 Å². The van der Waals surface area contributed by atoms with Gasteiger partial charge in [0.05, 0.1) is 25.6 Å². The molecule has 0 saturated heterocycles. The number of sulfonamides is 1. The van der Waals surface area contributed by atoms with Crippen molar-refractivity contribution in [3.05, 3.63) is 61.6 Å². The molecular formula is C12H8Cl3N3O4S. The molecule has 0 amide bonds. The molecule has 0 aromatic heterocycles. The summed E-state index contributed by atoms with van der Waals surface area (Å²) in [5.74, 6) is 0. The van der Waals surface area contributed by atoms with Gasteiger partial charge in [-0.25, -0.2) is 8.42 Å². The molecule has 7 nitrogen and oxygen atoms in total. The molecule has 0 aliphatic rings. The van der Waals surface area contributed by atoms with Crippen LogP contribution in [0, 0.1) is 10.1 Å². The highest BCUT2D eigenvalue weighted by Crippen LogP contribution is 2.33. The van der Waals surface area contributed by atoms with Gasteiger partial charge in [0, 0.05) is 17.2 Å². The van der Waals surface area contributed by atoms with Crippen molar-refractivity contribution in [3.63, 3.8) is 0 Å². The minimum Gasteiger partial charge on any atom is -0.305 e. The van der Waals surface area contributed by atoms with Crippen molar-refractivity contribution in [2.75, 3.05) is 5.43 Å². The maximum Gasteiger partial charge on any atom is 0.270 e. The molecule has 2 N–H and O–H groups in total. The fourth-order valence-corrected chi connectivity index (χ4v) is 3.40. The summed E-state index contributed by atoms with van der Waals surface area (Å²) in [6.45, 7) is 0. The Labute approximate surface area is 146 Å². The number of halogens is 3. The summed E-state index contributed by atoms with van der Waals surface area (Å²) in [5, 5.41) is 11.2. The molecule has 0 aliphatic heterocycles. The molecule has 11 heteroatoms. The van der Waals surface area contributed by atoms with Crippen LogP contribution in [0.4, 0.5) is 11.4 Å². The lowest BCUT2D eigenvalue weighted by atomic mass is 10.3. The van der Waals surface area contributed by atoms with Crippen LogP contribution in [-0.4, -0.2) is 13.3 Å². The minimum absolute atomic E-state index is 0.101. The summed E-state index contributed by atoms with van der Waals surface area (Å²) >= 11 is 17.6. The number of nitrogens with one attached hydrogen (secondary N) is 2. The Morgan fingerprint density at radius 3 is 2.22 bits per heavy atom. The number of nitrogens with zero attached hydrogens (tertiary/aromatic N) is 1. The molecule has 2 aromatic rings. The molecule has 0 atom stereocenters. The zero-order valence-corrected chi connectivity index (χ0v) is 14.2. The zero-order valence-electron chi connectivity index (χ0n) is 11.1. The number of hydrogen-bond donors (Lipinski definition) is 2. The maximum absolute atomic E-state index is 12.2. The van der Waals surface area contributed by atoms with Gasteiger partial charge in [-0.15, -0.1) is 4.83 Å². The summed E-state index contributed by atoms with van der Waals surface area (Å²) < 4.78 is 24.3. The van der Waals surface area contributed by atoms with Gasteiger partial charge in [0.15, 0.2) is 0 Å². The van der Waals surface area contributed by atoms with Gasteiger partial charge in [0.2, 0.25) is 0 Å². The second-order valence-electron chi connectivity index (χ2n) is 4.23. The van der Waals surface area contributed by atoms with Crippen LogP contribution in [0.3, 0.4) is 0 Å². The quantitative estimate of drug-likeness (QED) is 0.590. The lowest BCUT2D eigenvalue weighted by Crippen LogP contribution is -2.29. The van der Waals surface area contributed by atoms with E-state index in [0.29, 0.717) is 0 Å². The Morgan fingerprint density at radius 2 is 1.65 bits per heavy atom. The van der Waals surface area contributed by atoms with E-state index in [1.165, 1.54) is 30.3 Å². The van der Waals surface area contributed by atoms with Gasteiger partial charge in [0.25, 0.3) is 15.7 Å². The second-order valence-corrected chi connectivity index (χ2v) is 7.16. The first-order chi connectivity index (χ1) is 10.7. The first-order valence-electron chi connectivity index (χ1n) is 5.87. The summed E-state index contributed by atoms with van der Waals surface area (Å²) in [7, 11) is -4.07. The number of rotatable bonds is 5. The van der Waals surface area contributed by atoms with Gasteiger partial charge in [-0.05, 0) is 18.2 Å². The van der Waals surface area contributed by atoms with E-state index in [9.17, 15) is 18.5 Å². The number of benzene rings is 2. The molecule has 2 rings (SSSR count). The molecule has 0 heterocycles. The van der Waals surface area contributed by atoms with Gasteiger partial charge in [-0.3, -0.25) is 10.1 Å². The molecule has 0 bridgehead atoms. The standard InChI is InChI=1S/C12H8Cl3N3O4S/c13-7-4-10(14)12(11(15)5-7)16-17-23(21,22)9-3-1-2-8(6-9)18(19)20/h1-6,16-17H. The van der Waals surface area contributed by atoms with Gasteiger partial charge < -0.3 is 5.43 Å². The number of non-ortho nitro benzene ring substituents is 1. The molecule has 0 unspecified atom stereocenters. The van der Waals surface area contributed by atoms with Crippen LogP contribution in [0.2, 0.25) is 15.1 Å². The van der Waals surface area contributed by atoms with Gasteiger partial charge in [0.1, 0.15) is 0 Å². The van der Waals surface area contributed by atoms with Crippen molar-refractivity contribution in [2.45, 2.75) is 4.90 Å².